The van der Waals surface area contributed by atoms with Crippen molar-refractivity contribution in [2.24, 2.45) is 0 Å². The van der Waals surface area contributed by atoms with Crippen molar-refractivity contribution in [3.63, 3.8) is 0 Å². The Hall–Kier alpha value is -3.48. The molecule has 0 radical (unpaired) electrons. The van der Waals surface area contributed by atoms with Crippen molar-refractivity contribution in [2.75, 3.05) is 10.6 Å². The monoisotopic (exact) mass is 423 g/mol. The van der Waals surface area contributed by atoms with Crippen LogP contribution in [-0.4, -0.2) is 23.4 Å². The summed E-state index contributed by atoms with van der Waals surface area (Å²) in [5, 5.41) is 17.3. The van der Waals surface area contributed by atoms with Crippen LogP contribution in [0.15, 0.2) is 42.7 Å². The van der Waals surface area contributed by atoms with E-state index in [-0.39, 0.29) is 0 Å². The van der Waals surface area contributed by atoms with Gasteiger partial charge in [0.15, 0.2) is 0 Å². The van der Waals surface area contributed by atoms with Crippen LogP contribution in [0, 0.1) is 0 Å². The fraction of sp³-hybridized carbons (Fsp3) is 0.333. The van der Waals surface area contributed by atoms with Gasteiger partial charge in [0.05, 0.1) is 0 Å². The van der Waals surface area contributed by atoms with Gasteiger partial charge in [-0.15, -0.1) is 6.26 Å². The number of hydrogen-bond donors (Lipinski definition) is 2. The van der Waals surface area contributed by atoms with Crippen LogP contribution in [0.2, 0.25) is 0 Å². The molecule has 31 heavy (non-hydrogen) atoms. The van der Waals surface area contributed by atoms with Gasteiger partial charge >= 0.3 is 12.2 Å². The molecule has 0 unspecified atom stereocenters. The molecule has 0 aliphatic heterocycles. The van der Waals surface area contributed by atoms with Gasteiger partial charge in [0, 0.05) is 11.4 Å². The van der Waals surface area contributed by atoms with Gasteiger partial charge in [-0.05, 0) is 93.6 Å². The zero-order valence-electron chi connectivity index (χ0n) is 18.6. The van der Waals surface area contributed by atoms with Crippen LogP contribution in [0.4, 0.5) is 21.0 Å². The van der Waals surface area contributed by atoms with Crippen molar-refractivity contribution in [3.8, 4) is 11.1 Å². The van der Waals surface area contributed by atoms with E-state index in [1.807, 2.05) is 12.1 Å². The highest BCUT2D eigenvalue weighted by Gasteiger charge is 2.24. The van der Waals surface area contributed by atoms with E-state index >= 15 is 0 Å². The third-order valence-corrected chi connectivity index (χ3v) is 4.32. The summed E-state index contributed by atoms with van der Waals surface area (Å²) < 4.78 is 10.6. The molecule has 0 aromatic heterocycles. The first kappa shape index (κ1) is 22.2. The maximum Gasteiger partial charge on any atom is 0.412 e. The molecule has 1 aliphatic rings. The minimum atomic E-state index is -0.616. The van der Waals surface area contributed by atoms with E-state index in [0.717, 1.165) is 17.4 Å². The number of carbonyl (C=O) groups excluding carboxylic acids is 2. The SMILES string of the molecule is CC(C)(C)OC(=O)Nc1ccc2c(c1)C(=C[O-])c1cc(NC(=O)OC(C)(C)C)ccc1-2. The molecular weight excluding hydrogens is 396 g/mol. The van der Waals surface area contributed by atoms with E-state index < -0.39 is 23.4 Å². The summed E-state index contributed by atoms with van der Waals surface area (Å²) in [5.41, 5.74) is 3.43. The smallest absolute Gasteiger partial charge is 0.412 e. The summed E-state index contributed by atoms with van der Waals surface area (Å²) in [6.45, 7) is 10.7. The molecule has 7 nitrogen and oxygen atoms in total. The first-order valence-electron chi connectivity index (χ1n) is 9.98. The standard InChI is InChI=1S/C24H28N2O5/c1-23(2,3)30-21(28)25-14-7-9-16-17-10-8-15(26-22(29)31-24(4,5)6)12-19(17)20(13-27)18(16)11-14/h7-13,27H,1-6H3,(H,25,28)(H,26,29)/p-1. The first-order chi connectivity index (χ1) is 14.4. The van der Waals surface area contributed by atoms with E-state index in [9.17, 15) is 14.7 Å². The first-order valence-corrected chi connectivity index (χ1v) is 9.98. The maximum absolute atomic E-state index is 12.1. The summed E-state index contributed by atoms with van der Waals surface area (Å²) in [6, 6.07) is 10.7. The highest BCUT2D eigenvalue weighted by atomic mass is 16.6. The van der Waals surface area contributed by atoms with Crippen molar-refractivity contribution in [3.05, 3.63) is 53.8 Å². The normalized spacial score (nSPS) is 12.5. The van der Waals surface area contributed by atoms with Gasteiger partial charge in [-0.1, -0.05) is 12.1 Å². The van der Waals surface area contributed by atoms with E-state index in [1.54, 1.807) is 65.8 Å². The van der Waals surface area contributed by atoms with Gasteiger partial charge in [0.1, 0.15) is 11.2 Å². The van der Waals surface area contributed by atoms with Gasteiger partial charge < -0.3 is 14.6 Å². The number of benzene rings is 2. The van der Waals surface area contributed by atoms with Gasteiger partial charge in [-0.2, -0.15) is 0 Å². The average molecular weight is 423 g/mol. The van der Waals surface area contributed by atoms with Crippen LogP contribution < -0.4 is 15.7 Å². The Morgan fingerprint density at radius 3 is 1.45 bits per heavy atom. The molecule has 2 aromatic rings. The second-order valence-corrected chi connectivity index (χ2v) is 9.31. The number of anilines is 2. The molecule has 0 heterocycles. The van der Waals surface area contributed by atoms with E-state index in [2.05, 4.69) is 10.6 Å². The van der Waals surface area contributed by atoms with Gasteiger partial charge in [-0.25, -0.2) is 9.59 Å². The molecule has 1 aliphatic carbocycles. The minimum Gasteiger partial charge on any atom is -0.877 e. The molecule has 2 amide bonds. The fourth-order valence-electron chi connectivity index (χ4n) is 3.27. The third kappa shape index (κ3) is 5.36. The number of fused-ring (bicyclic) bond motifs is 3. The molecule has 0 fully saturated rings. The number of hydrogen-bond acceptors (Lipinski definition) is 5. The molecule has 2 N–H and O–H groups in total. The molecule has 2 aromatic carbocycles. The zero-order valence-corrected chi connectivity index (χ0v) is 18.6. The van der Waals surface area contributed by atoms with Gasteiger partial charge in [-0.3, -0.25) is 10.6 Å². The lowest BCUT2D eigenvalue weighted by molar-refractivity contribution is -0.273. The quantitative estimate of drug-likeness (QED) is 0.558. The number of amides is 2. The summed E-state index contributed by atoms with van der Waals surface area (Å²) in [4.78, 5) is 24.2. The lowest BCUT2D eigenvalue weighted by atomic mass is 10.1. The molecule has 0 saturated carbocycles. The van der Waals surface area contributed by atoms with Crippen LogP contribution >= 0.6 is 0 Å². The highest BCUT2D eigenvalue weighted by Crippen LogP contribution is 2.45. The lowest BCUT2D eigenvalue weighted by Crippen LogP contribution is -2.27. The van der Waals surface area contributed by atoms with Crippen molar-refractivity contribution >= 4 is 29.1 Å². The van der Waals surface area contributed by atoms with Gasteiger partial charge in [0.25, 0.3) is 0 Å². The van der Waals surface area contributed by atoms with Crippen LogP contribution in [0.25, 0.3) is 16.7 Å². The summed E-state index contributed by atoms with van der Waals surface area (Å²) in [5.74, 6) is 0. The van der Waals surface area contributed by atoms with Crippen LogP contribution in [0.1, 0.15) is 52.7 Å². The number of nitrogens with one attached hydrogen (secondary N) is 2. The predicted octanol–water partition coefficient (Wildman–Crippen LogP) is 5.11. The number of rotatable bonds is 2. The topological polar surface area (TPSA) is 99.7 Å². The maximum atomic E-state index is 12.1. The Kier molecular flexibility index (Phi) is 5.72. The lowest BCUT2D eigenvalue weighted by Gasteiger charge is -2.20. The van der Waals surface area contributed by atoms with Crippen LogP contribution in [0.3, 0.4) is 0 Å². The van der Waals surface area contributed by atoms with Crippen molar-refractivity contribution in [1.82, 2.24) is 0 Å². The molecule has 0 saturated heterocycles. The average Bonchev–Trinajstić information content (AvgIpc) is 2.90. The molecule has 0 atom stereocenters. The minimum absolute atomic E-state index is 0.477. The number of ether oxygens (including phenoxy) is 2. The van der Waals surface area contributed by atoms with E-state index in [1.165, 1.54) is 0 Å². The Bertz CT molecular complexity index is 977. The van der Waals surface area contributed by atoms with Crippen LogP contribution in [-0.2, 0) is 9.47 Å². The molecular formula is C24H27N2O5-. The molecule has 164 valence electrons. The Labute approximate surface area is 182 Å². The second kappa shape index (κ2) is 7.98. The van der Waals surface area contributed by atoms with E-state index in [4.69, 9.17) is 9.47 Å². The Morgan fingerprint density at radius 1 is 0.742 bits per heavy atom. The summed E-state index contributed by atoms with van der Waals surface area (Å²) in [7, 11) is 0. The zero-order chi connectivity index (χ0) is 23.0. The Morgan fingerprint density at radius 2 is 1.13 bits per heavy atom. The molecule has 3 rings (SSSR count). The van der Waals surface area contributed by atoms with Crippen molar-refractivity contribution < 1.29 is 24.2 Å². The van der Waals surface area contributed by atoms with Crippen molar-refractivity contribution in [1.29, 1.82) is 0 Å². The largest absolute Gasteiger partial charge is 0.877 e. The number of carbonyl (C=O) groups is 2. The molecule has 7 heteroatoms. The van der Waals surface area contributed by atoms with Crippen LogP contribution in [0.5, 0.6) is 0 Å². The fourth-order valence-corrected chi connectivity index (χ4v) is 3.27. The predicted molar refractivity (Wildman–Crippen MR) is 119 cm³/mol. The second-order valence-electron chi connectivity index (χ2n) is 9.31. The van der Waals surface area contributed by atoms with E-state index in [0.29, 0.717) is 28.1 Å². The third-order valence-electron chi connectivity index (χ3n) is 4.32. The highest BCUT2D eigenvalue weighted by molar-refractivity contribution is 6.03. The molecule has 0 bridgehead atoms. The Balaban J connectivity index is 1.85. The van der Waals surface area contributed by atoms with Crippen molar-refractivity contribution in [2.45, 2.75) is 52.7 Å². The summed E-state index contributed by atoms with van der Waals surface area (Å²) >= 11 is 0. The summed E-state index contributed by atoms with van der Waals surface area (Å²) in [6.07, 6.45) is -0.363. The molecule has 0 spiro atoms. The van der Waals surface area contributed by atoms with Gasteiger partial charge in [0.2, 0.25) is 0 Å².